The number of ether oxygens (including phenoxy) is 1. The van der Waals surface area contributed by atoms with Gasteiger partial charge in [0.15, 0.2) is 16.4 Å². The molecule has 0 aliphatic carbocycles. The number of amides is 1. The summed E-state index contributed by atoms with van der Waals surface area (Å²) < 4.78 is 29.0. The number of aliphatic carboxylic acids is 1. The number of hydrogen-bond acceptors (Lipinski definition) is 5. The zero-order valence-corrected chi connectivity index (χ0v) is 16.8. The predicted molar refractivity (Wildman–Crippen MR) is 102 cm³/mol. The van der Waals surface area contributed by atoms with Crippen LogP contribution in [0.25, 0.3) is 0 Å². The van der Waals surface area contributed by atoms with Crippen LogP contribution in [-0.2, 0) is 14.6 Å². The largest absolute Gasteiger partial charge is 0.481 e. The van der Waals surface area contributed by atoms with E-state index < -0.39 is 22.4 Å². The van der Waals surface area contributed by atoms with Gasteiger partial charge in [0.25, 0.3) is 5.91 Å². The Balaban J connectivity index is 2.27. The van der Waals surface area contributed by atoms with Crippen LogP contribution in [0.5, 0.6) is 5.75 Å². The minimum absolute atomic E-state index is 0.0141. The van der Waals surface area contributed by atoms with E-state index >= 15 is 0 Å². The van der Waals surface area contributed by atoms with E-state index in [0.717, 1.165) is 12.8 Å². The molecule has 1 unspecified atom stereocenters. The first kappa shape index (κ1) is 21.2. The molecule has 0 saturated carbocycles. The van der Waals surface area contributed by atoms with Crippen molar-refractivity contribution in [2.24, 2.45) is 0 Å². The minimum Gasteiger partial charge on any atom is -0.481 e. The molecule has 7 nitrogen and oxygen atoms in total. The maximum atomic E-state index is 13.1. The maximum Gasteiger partial charge on any atom is 0.341 e. The Hall–Kier alpha value is -2.09. The zero-order chi connectivity index (χ0) is 20.2. The summed E-state index contributed by atoms with van der Waals surface area (Å²) in [7, 11) is -3.09. The van der Waals surface area contributed by atoms with Gasteiger partial charge in [-0.05, 0) is 49.9 Å². The first-order valence-corrected chi connectivity index (χ1v) is 10.9. The molecular formula is C19H27NO6S. The zero-order valence-electron chi connectivity index (χ0n) is 16.0. The average molecular weight is 397 g/mol. The number of carbonyl (C=O) groups is 2. The lowest BCUT2D eigenvalue weighted by atomic mass is 10.0. The van der Waals surface area contributed by atoms with E-state index in [1.807, 2.05) is 6.92 Å². The van der Waals surface area contributed by atoms with E-state index in [2.05, 4.69) is 0 Å². The summed E-state index contributed by atoms with van der Waals surface area (Å²) in [5, 5.41) is 8.78. The van der Waals surface area contributed by atoms with Crippen LogP contribution < -0.4 is 4.74 Å². The number of benzene rings is 1. The molecule has 8 heteroatoms. The lowest BCUT2D eigenvalue weighted by Gasteiger charge is -2.29. The molecular weight excluding hydrogens is 370 g/mol. The van der Waals surface area contributed by atoms with Gasteiger partial charge in [-0.25, -0.2) is 13.2 Å². The normalized spacial score (nSPS) is 18.3. The van der Waals surface area contributed by atoms with Gasteiger partial charge in [0, 0.05) is 18.2 Å². The summed E-state index contributed by atoms with van der Waals surface area (Å²) >= 11 is 0. The molecule has 27 heavy (non-hydrogen) atoms. The number of nitrogens with zero attached hydrogens (tertiary/aromatic N) is 1. The van der Waals surface area contributed by atoms with Crippen molar-refractivity contribution in [1.82, 2.24) is 4.90 Å². The number of carboxylic acids is 1. The first-order valence-electron chi connectivity index (χ1n) is 9.12. The first-order chi connectivity index (χ1) is 12.6. The number of rotatable bonds is 8. The number of aryl methyl sites for hydroxylation is 2. The number of unbranched alkanes of at least 4 members (excludes halogenated alkanes) is 1. The molecule has 0 spiro atoms. The van der Waals surface area contributed by atoms with Crippen LogP contribution in [0, 0.1) is 13.8 Å². The Morgan fingerprint density at radius 3 is 2.37 bits per heavy atom. The van der Waals surface area contributed by atoms with Crippen molar-refractivity contribution in [2.45, 2.75) is 46.1 Å². The SMILES string of the molecule is CCCCN(C(=O)c1cc(C)c(OCC(=O)O)c(C)c1)C1CCS(=O)(=O)C1. The molecule has 0 bridgehead atoms. The van der Waals surface area contributed by atoms with Crippen LogP contribution in [-0.4, -0.2) is 61.0 Å². The summed E-state index contributed by atoms with van der Waals surface area (Å²) in [6, 6.07) is 3.06. The molecule has 1 N–H and O–H groups in total. The Morgan fingerprint density at radius 1 is 1.26 bits per heavy atom. The Morgan fingerprint density at radius 2 is 1.89 bits per heavy atom. The van der Waals surface area contributed by atoms with Crippen molar-refractivity contribution in [2.75, 3.05) is 24.7 Å². The summed E-state index contributed by atoms with van der Waals surface area (Å²) in [5.41, 5.74) is 1.82. The molecule has 2 rings (SSSR count). The quantitative estimate of drug-likeness (QED) is 0.722. The van der Waals surface area contributed by atoms with E-state index in [4.69, 9.17) is 9.84 Å². The Bertz CT molecular complexity index is 794. The third-order valence-electron chi connectivity index (χ3n) is 4.71. The second kappa shape index (κ2) is 8.73. The van der Waals surface area contributed by atoms with E-state index in [9.17, 15) is 18.0 Å². The summed E-state index contributed by atoms with van der Waals surface area (Å²) in [4.78, 5) is 25.5. The van der Waals surface area contributed by atoms with Crippen molar-refractivity contribution in [1.29, 1.82) is 0 Å². The Labute approximate surface area is 160 Å². The van der Waals surface area contributed by atoms with Crippen molar-refractivity contribution in [3.63, 3.8) is 0 Å². The molecule has 1 heterocycles. The molecule has 150 valence electrons. The molecule has 1 aliphatic heterocycles. The highest BCUT2D eigenvalue weighted by molar-refractivity contribution is 7.91. The molecule has 1 aromatic rings. The van der Waals surface area contributed by atoms with Gasteiger partial charge in [0.2, 0.25) is 0 Å². The van der Waals surface area contributed by atoms with Crippen LogP contribution >= 0.6 is 0 Å². The molecule has 0 aromatic heterocycles. The van der Waals surface area contributed by atoms with Crippen molar-refractivity contribution in [3.05, 3.63) is 28.8 Å². The molecule has 0 radical (unpaired) electrons. The topological polar surface area (TPSA) is 101 Å². The monoisotopic (exact) mass is 397 g/mol. The standard InChI is InChI=1S/C19H27NO6S/c1-4-5-7-20(16-6-8-27(24,25)12-16)19(23)15-9-13(2)18(14(3)10-15)26-11-17(21)22/h9-10,16H,4-8,11-12H2,1-3H3,(H,21,22). The fraction of sp³-hybridized carbons (Fsp3) is 0.579. The summed E-state index contributed by atoms with van der Waals surface area (Å²) in [6.07, 6.45) is 2.18. The molecule has 1 aliphatic rings. The molecule has 1 amide bonds. The van der Waals surface area contributed by atoms with E-state index in [1.54, 1.807) is 30.9 Å². The Kier molecular flexibility index (Phi) is 6.86. The predicted octanol–water partition coefficient (Wildman–Crippen LogP) is 2.20. The van der Waals surface area contributed by atoms with Gasteiger partial charge in [0.05, 0.1) is 11.5 Å². The van der Waals surface area contributed by atoms with Gasteiger partial charge < -0.3 is 14.7 Å². The van der Waals surface area contributed by atoms with Gasteiger partial charge in [-0.1, -0.05) is 13.3 Å². The smallest absolute Gasteiger partial charge is 0.341 e. The average Bonchev–Trinajstić information content (AvgIpc) is 2.93. The molecule has 1 saturated heterocycles. The summed E-state index contributed by atoms with van der Waals surface area (Å²) in [5.74, 6) is -0.672. The van der Waals surface area contributed by atoms with Gasteiger partial charge in [-0.2, -0.15) is 0 Å². The van der Waals surface area contributed by atoms with E-state index in [1.165, 1.54) is 0 Å². The molecule has 1 atom stereocenters. The third kappa shape index (κ3) is 5.45. The fourth-order valence-corrected chi connectivity index (χ4v) is 5.13. The van der Waals surface area contributed by atoms with Crippen molar-refractivity contribution < 1.29 is 27.9 Å². The van der Waals surface area contributed by atoms with Crippen LogP contribution in [0.4, 0.5) is 0 Å². The van der Waals surface area contributed by atoms with E-state index in [0.29, 0.717) is 35.4 Å². The number of hydrogen-bond donors (Lipinski definition) is 1. The van der Waals surface area contributed by atoms with Gasteiger partial charge in [-0.15, -0.1) is 0 Å². The maximum absolute atomic E-state index is 13.1. The number of carbonyl (C=O) groups excluding carboxylic acids is 1. The van der Waals surface area contributed by atoms with Crippen molar-refractivity contribution in [3.8, 4) is 5.75 Å². The highest BCUT2D eigenvalue weighted by atomic mass is 32.2. The second-order valence-corrected chi connectivity index (χ2v) is 9.26. The number of sulfone groups is 1. The van der Waals surface area contributed by atoms with Gasteiger partial charge in [-0.3, -0.25) is 4.79 Å². The van der Waals surface area contributed by atoms with Gasteiger partial charge >= 0.3 is 5.97 Å². The van der Waals surface area contributed by atoms with Crippen LogP contribution in [0.15, 0.2) is 12.1 Å². The second-order valence-electron chi connectivity index (χ2n) is 7.03. The van der Waals surface area contributed by atoms with Crippen LogP contribution in [0.1, 0.15) is 47.7 Å². The summed E-state index contributed by atoms with van der Waals surface area (Å²) in [6.45, 7) is 5.62. The third-order valence-corrected chi connectivity index (χ3v) is 6.46. The minimum atomic E-state index is -3.09. The lowest BCUT2D eigenvalue weighted by molar-refractivity contribution is -0.139. The highest BCUT2D eigenvalue weighted by Gasteiger charge is 2.34. The molecule has 1 fully saturated rings. The fourth-order valence-electron chi connectivity index (χ4n) is 3.40. The lowest BCUT2D eigenvalue weighted by Crippen LogP contribution is -2.41. The molecule has 1 aromatic carbocycles. The van der Waals surface area contributed by atoms with Crippen molar-refractivity contribution >= 4 is 21.7 Å². The van der Waals surface area contributed by atoms with E-state index in [-0.39, 0.29) is 23.5 Å². The van der Waals surface area contributed by atoms with Crippen LogP contribution in [0.3, 0.4) is 0 Å². The highest BCUT2D eigenvalue weighted by Crippen LogP contribution is 2.27. The van der Waals surface area contributed by atoms with Gasteiger partial charge in [0.1, 0.15) is 5.75 Å². The van der Waals surface area contributed by atoms with Crippen LogP contribution in [0.2, 0.25) is 0 Å². The number of carboxylic acid groups (broad SMARTS) is 1.